The quantitative estimate of drug-likeness (QED) is 0.210. The van der Waals surface area contributed by atoms with Gasteiger partial charge in [0.2, 0.25) is 5.91 Å². The molecule has 3 nitrogen and oxygen atoms in total. The van der Waals surface area contributed by atoms with Crippen molar-refractivity contribution in [2.24, 2.45) is 0 Å². The number of alkyl halides is 4. The molecule has 1 aliphatic rings. The van der Waals surface area contributed by atoms with E-state index in [2.05, 4.69) is 5.32 Å². The van der Waals surface area contributed by atoms with E-state index in [1.54, 1.807) is 12.1 Å². The van der Waals surface area contributed by atoms with Gasteiger partial charge in [0.25, 0.3) is 12.9 Å². The molecule has 36 heavy (non-hydrogen) atoms. The van der Waals surface area contributed by atoms with Crippen LogP contribution < -0.4 is 5.32 Å². The Morgan fingerprint density at radius 3 is 2.03 bits per heavy atom. The Balaban J connectivity index is 1.58. The zero-order chi connectivity index (χ0) is 25.7. The summed E-state index contributed by atoms with van der Waals surface area (Å²) >= 11 is 0. The van der Waals surface area contributed by atoms with Crippen LogP contribution in [-0.2, 0) is 17.6 Å². The van der Waals surface area contributed by atoms with E-state index < -0.39 is 19.0 Å². The number of carbonyl (C=O) groups is 1. The summed E-state index contributed by atoms with van der Waals surface area (Å²) in [4.78, 5) is 12.6. The van der Waals surface area contributed by atoms with Crippen LogP contribution in [0.15, 0.2) is 85.0 Å². The molecule has 1 aliphatic carbocycles. The average Bonchev–Trinajstić information content (AvgIpc) is 2.87. The number of nitrogens with one attached hydrogen (secondary N) is 1. The van der Waals surface area contributed by atoms with Gasteiger partial charge in [0.05, 0.1) is 6.10 Å². The molecule has 186 valence electrons. The highest BCUT2D eigenvalue weighted by Gasteiger charge is 2.19. The Kier molecular flexibility index (Phi) is 8.00. The second-order valence-electron chi connectivity index (χ2n) is 8.61. The molecule has 1 atom stereocenters. The van der Waals surface area contributed by atoms with Crippen molar-refractivity contribution in [2.75, 3.05) is 5.32 Å². The van der Waals surface area contributed by atoms with Crippen molar-refractivity contribution in [3.05, 3.63) is 118 Å². The summed E-state index contributed by atoms with van der Waals surface area (Å²) in [6, 6.07) is 17.0. The number of halogens is 4. The number of amides is 1. The fourth-order valence-corrected chi connectivity index (χ4v) is 4.27. The van der Waals surface area contributed by atoms with E-state index in [0.717, 1.165) is 17.5 Å². The molecule has 0 saturated carbocycles. The van der Waals surface area contributed by atoms with E-state index in [1.807, 2.05) is 12.1 Å². The fourth-order valence-electron chi connectivity index (χ4n) is 4.27. The lowest BCUT2D eigenvalue weighted by molar-refractivity contribution is -0.111. The van der Waals surface area contributed by atoms with Gasteiger partial charge in [-0.15, -0.1) is 0 Å². The van der Waals surface area contributed by atoms with Crippen LogP contribution in [0, 0.1) is 0 Å². The van der Waals surface area contributed by atoms with Gasteiger partial charge in [0, 0.05) is 29.3 Å². The number of aryl methyl sites for hydroxylation is 1. The number of benzene rings is 3. The Hall–Kier alpha value is -3.71. The number of fused-ring (bicyclic) bond motifs is 1. The summed E-state index contributed by atoms with van der Waals surface area (Å²) in [7, 11) is 0. The van der Waals surface area contributed by atoms with Gasteiger partial charge in [-0.1, -0.05) is 72.8 Å². The third kappa shape index (κ3) is 6.10. The maximum atomic E-state index is 13.0. The predicted octanol–water partition coefficient (Wildman–Crippen LogP) is 7.04. The summed E-state index contributed by atoms with van der Waals surface area (Å²) < 4.78 is 51.9. The average molecular weight is 496 g/mol. The fraction of sp³-hybridized carbons (Fsp3) is 0.207. The third-order valence-corrected chi connectivity index (χ3v) is 6.18. The number of aliphatic hydroxyl groups is 1. The number of hydrogen-bond donors (Lipinski definition) is 2. The highest BCUT2D eigenvalue weighted by atomic mass is 19.3. The predicted molar refractivity (Wildman–Crippen MR) is 132 cm³/mol. The molecular formula is C29H25F4NO2. The normalized spacial score (nSPS) is 15.2. The Morgan fingerprint density at radius 2 is 1.47 bits per heavy atom. The molecule has 0 fully saturated rings. The molecule has 7 heteroatoms. The van der Waals surface area contributed by atoms with Gasteiger partial charge in [0.15, 0.2) is 0 Å². The molecule has 1 amide bonds. The van der Waals surface area contributed by atoms with Gasteiger partial charge < -0.3 is 10.4 Å². The van der Waals surface area contributed by atoms with Crippen LogP contribution in [0.1, 0.15) is 52.7 Å². The van der Waals surface area contributed by atoms with E-state index in [4.69, 9.17) is 0 Å². The van der Waals surface area contributed by atoms with Crippen LogP contribution in [-0.4, -0.2) is 17.1 Å². The second kappa shape index (κ2) is 11.4. The molecular weight excluding hydrogens is 470 g/mol. The van der Waals surface area contributed by atoms with Gasteiger partial charge in [-0.2, -0.15) is 0 Å². The van der Waals surface area contributed by atoms with Gasteiger partial charge in [-0.25, -0.2) is 17.6 Å². The van der Waals surface area contributed by atoms with Crippen molar-refractivity contribution in [2.45, 2.75) is 38.2 Å². The molecule has 2 N–H and O–H groups in total. The standard InChI is InChI=1S/C29H25F4NO2/c30-28(31)21-11-7-19(8-12-21)24(20-9-13-22(14-10-20)29(32)33)4-2-6-27(36)34-26-5-1-3-18-15-16-23(35)17-25(18)26/h1-14,23,28-29,35H,15-17H2,(H,34,36). The van der Waals surface area contributed by atoms with Crippen LogP contribution in [0.2, 0.25) is 0 Å². The number of hydrogen-bond acceptors (Lipinski definition) is 2. The van der Waals surface area contributed by atoms with Gasteiger partial charge in [-0.05, 0) is 46.7 Å². The minimum Gasteiger partial charge on any atom is -0.393 e. The zero-order valence-corrected chi connectivity index (χ0v) is 19.3. The summed E-state index contributed by atoms with van der Waals surface area (Å²) in [6.07, 6.45) is 0.753. The molecule has 0 bridgehead atoms. The lowest BCUT2D eigenvalue weighted by Gasteiger charge is -2.23. The molecule has 0 aromatic heterocycles. The van der Waals surface area contributed by atoms with E-state index in [0.29, 0.717) is 35.2 Å². The van der Waals surface area contributed by atoms with Gasteiger partial charge in [0.1, 0.15) is 0 Å². The van der Waals surface area contributed by atoms with E-state index in [9.17, 15) is 27.5 Å². The smallest absolute Gasteiger partial charge is 0.263 e. The first kappa shape index (κ1) is 25.4. The number of anilines is 1. The van der Waals surface area contributed by atoms with Gasteiger partial charge >= 0.3 is 0 Å². The van der Waals surface area contributed by atoms with E-state index >= 15 is 0 Å². The van der Waals surface area contributed by atoms with Gasteiger partial charge in [-0.3, -0.25) is 4.79 Å². The highest BCUT2D eigenvalue weighted by molar-refractivity contribution is 6.00. The Labute approximate surface area is 206 Å². The van der Waals surface area contributed by atoms with Crippen molar-refractivity contribution in [1.29, 1.82) is 0 Å². The number of carbonyl (C=O) groups excluding carboxylic acids is 1. The number of aliphatic hydroxyl groups excluding tert-OH is 1. The van der Waals surface area contributed by atoms with Crippen LogP contribution >= 0.6 is 0 Å². The third-order valence-electron chi connectivity index (χ3n) is 6.18. The number of allylic oxidation sites excluding steroid dienone is 2. The van der Waals surface area contributed by atoms with Crippen molar-refractivity contribution in [1.82, 2.24) is 0 Å². The number of rotatable bonds is 7. The summed E-state index contributed by atoms with van der Waals surface area (Å²) in [5.41, 5.74) is 4.20. The molecule has 0 spiro atoms. The first-order valence-corrected chi connectivity index (χ1v) is 11.6. The molecule has 4 rings (SSSR count). The second-order valence-corrected chi connectivity index (χ2v) is 8.61. The van der Waals surface area contributed by atoms with E-state index in [1.165, 1.54) is 60.7 Å². The molecule has 0 heterocycles. The molecule has 0 saturated heterocycles. The Bertz CT molecular complexity index is 1210. The molecule has 0 aliphatic heterocycles. The lowest BCUT2D eigenvalue weighted by atomic mass is 9.88. The monoisotopic (exact) mass is 495 g/mol. The van der Waals surface area contributed by atoms with Crippen LogP contribution in [0.3, 0.4) is 0 Å². The minimum absolute atomic E-state index is 0.127. The van der Waals surface area contributed by atoms with E-state index in [-0.39, 0.29) is 17.0 Å². The largest absolute Gasteiger partial charge is 0.393 e. The first-order valence-electron chi connectivity index (χ1n) is 11.6. The van der Waals surface area contributed by atoms with Crippen molar-refractivity contribution in [3.8, 4) is 0 Å². The maximum absolute atomic E-state index is 13.0. The molecule has 1 unspecified atom stereocenters. The minimum atomic E-state index is -2.61. The molecule has 3 aromatic carbocycles. The highest BCUT2D eigenvalue weighted by Crippen LogP contribution is 2.30. The summed E-state index contributed by atoms with van der Waals surface area (Å²) in [6.45, 7) is 0. The van der Waals surface area contributed by atoms with Crippen molar-refractivity contribution < 1.29 is 27.5 Å². The topological polar surface area (TPSA) is 49.3 Å². The first-order chi connectivity index (χ1) is 17.3. The lowest BCUT2D eigenvalue weighted by Crippen LogP contribution is -2.21. The Morgan fingerprint density at radius 1 is 0.889 bits per heavy atom. The molecule has 0 radical (unpaired) electrons. The van der Waals surface area contributed by atoms with Crippen LogP contribution in [0.25, 0.3) is 5.57 Å². The summed E-state index contributed by atoms with van der Waals surface area (Å²) in [5.74, 6) is -0.375. The van der Waals surface area contributed by atoms with Crippen LogP contribution in [0.5, 0.6) is 0 Å². The molecule has 3 aromatic rings. The van der Waals surface area contributed by atoms with Crippen molar-refractivity contribution >= 4 is 17.2 Å². The summed E-state index contributed by atoms with van der Waals surface area (Å²) in [5, 5.41) is 12.9. The maximum Gasteiger partial charge on any atom is 0.263 e. The SMILES string of the molecule is O=C(C=CC=C(c1ccc(C(F)F)cc1)c1ccc(C(F)F)cc1)Nc1cccc2c1CC(O)CC2. The van der Waals surface area contributed by atoms with Crippen LogP contribution in [0.4, 0.5) is 23.2 Å². The van der Waals surface area contributed by atoms with Crippen molar-refractivity contribution in [3.63, 3.8) is 0 Å². The zero-order valence-electron chi connectivity index (χ0n) is 19.3.